The van der Waals surface area contributed by atoms with Gasteiger partial charge in [-0.1, -0.05) is 13.8 Å². The third kappa shape index (κ3) is 3.00. The summed E-state index contributed by atoms with van der Waals surface area (Å²) >= 11 is 1.68. The van der Waals surface area contributed by atoms with Gasteiger partial charge in [0.1, 0.15) is 0 Å². The van der Waals surface area contributed by atoms with Gasteiger partial charge in [0.2, 0.25) is 0 Å². The third-order valence-corrected chi connectivity index (χ3v) is 3.60. The molecule has 1 aliphatic heterocycles. The van der Waals surface area contributed by atoms with E-state index in [1.54, 1.807) is 11.3 Å². The van der Waals surface area contributed by atoms with Gasteiger partial charge in [0, 0.05) is 37.6 Å². The molecular formula is C11H19N3S. The fourth-order valence-corrected chi connectivity index (χ4v) is 2.53. The maximum absolute atomic E-state index is 4.34. The number of rotatable bonds is 3. The zero-order valence-corrected chi connectivity index (χ0v) is 10.3. The van der Waals surface area contributed by atoms with Gasteiger partial charge < -0.3 is 5.32 Å². The minimum Gasteiger partial charge on any atom is -0.311 e. The molecule has 0 spiro atoms. The minimum atomic E-state index is 0.636. The fourth-order valence-electron chi connectivity index (χ4n) is 1.98. The second-order valence-corrected chi connectivity index (χ2v) is 5.24. The number of thiazole rings is 1. The first-order chi connectivity index (χ1) is 7.25. The predicted octanol–water partition coefficient (Wildman–Crippen LogP) is 1.57. The largest absolute Gasteiger partial charge is 0.311 e. The van der Waals surface area contributed by atoms with Gasteiger partial charge in [-0.15, -0.1) is 11.3 Å². The average Bonchev–Trinajstić information content (AvgIpc) is 2.71. The van der Waals surface area contributed by atoms with Crippen LogP contribution in [0.2, 0.25) is 0 Å². The Morgan fingerprint density at radius 1 is 1.67 bits per heavy atom. The van der Waals surface area contributed by atoms with Gasteiger partial charge in [0.05, 0.1) is 11.2 Å². The van der Waals surface area contributed by atoms with Crippen molar-refractivity contribution >= 4 is 11.3 Å². The maximum Gasteiger partial charge on any atom is 0.0795 e. The van der Waals surface area contributed by atoms with Gasteiger partial charge >= 0.3 is 0 Å². The van der Waals surface area contributed by atoms with Crippen LogP contribution in [-0.4, -0.2) is 35.6 Å². The Balaban J connectivity index is 1.88. The second kappa shape index (κ2) is 5.05. The van der Waals surface area contributed by atoms with Crippen molar-refractivity contribution in [2.45, 2.75) is 26.4 Å². The van der Waals surface area contributed by atoms with E-state index in [2.05, 4.69) is 34.4 Å². The Kier molecular flexibility index (Phi) is 3.72. The average molecular weight is 225 g/mol. The van der Waals surface area contributed by atoms with E-state index < -0.39 is 0 Å². The monoisotopic (exact) mass is 225 g/mol. The molecule has 0 radical (unpaired) electrons. The van der Waals surface area contributed by atoms with Crippen molar-refractivity contribution < 1.29 is 0 Å². The van der Waals surface area contributed by atoms with Crippen LogP contribution in [0.5, 0.6) is 0 Å². The summed E-state index contributed by atoms with van der Waals surface area (Å²) in [6.45, 7) is 8.96. The first-order valence-corrected chi connectivity index (χ1v) is 6.53. The summed E-state index contributed by atoms with van der Waals surface area (Å²) in [5.41, 5.74) is 3.13. The van der Waals surface area contributed by atoms with Crippen molar-refractivity contribution in [1.29, 1.82) is 0 Å². The molecule has 15 heavy (non-hydrogen) atoms. The SMILES string of the molecule is CC(C)C1CN(Cc2cscn2)CCN1. The lowest BCUT2D eigenvalue weighted by Crippen LogP contribution is -2.52. The van der Waals surface area contributed by atoms with E-state index in [0.717, 1.165) is 26.2 Å². The highest BCUT2D eigenvalue weighted by molar-refractivity contribution is 7.07. The van der Waals surface area contributed by atoms with E-state index in [1.807, 2.05) is 5.51 Å². The highest BCUT2D eigenvalue weighted by Gasteiger charge is 2.21. The first kappa shape index (κ1) is 11.0. The molecule has 1 fully saturated rings. The molecule has 0 aliphatic carbocycles. The van der Waals surface area contributed by atoms with Gasteiger partial charge in [-0.2, -0.15) is 0 Å². The highest BCUT2D eigenvalue weighted by atomic mass is 32.1. The minimum absolute atomic E-state index is 0.636. The summed E-state index contributed by atoms with van der Waals surface area (Å²) in [6, 6.07) is 0.636. The molecule has 2 rings (SSSR count). The molecule has 0 amide bonds. The predicted molar refractivity (Wildman–Crippen MR) is 64.0 cm³/mol. The van der Waals surface area contributed by atoms with Gasteiger partial charge in [0.15, 0.2) is 0 Å². The Labute approximate surface area is 95.5 Å². The van der Waals surface area contributed by atoms with Crippen molar-refractivity contribution in [3.8, 4) is 0 Å². The summed E-state index contributed by atoms with van der Waals surface area (Å²) in [7, 11) is 0. The van der Waals surface area contributed by atoms with Crippen molar-refractivity contribution in [1.82, 2.24) is 15.2 Å². The number of nitrogens with zero attached hydrogens (tertiary/aromatic N) is 2. The Morgan fingerprint density at radius 3 is 3.20 bits per heavy atom. The smallest absolute Gasteiger partial charge is 0.0795 e. The highest BCUT2D eigenvalue weighted by Crippen LogP contribution is 2.11. The molecule has 1 aromatic rings. The van der Waals surface area contributed by atoms with E-state index in [-0.39, 0.29) is 0 Å². The Bertz CT molecular complexity index is 284. The zero-order valence-electron chi connectivity index (χ0n) is 9.44. The van der Waals surface area contributed by atoms with Crippen LogP contribution < -0.4 is 5.32 Å². The Hall–Kier alpha value is -0.450. The molecule has 1 atom stereocenters. The molecule has 1 N–H and O–H groups in total. The molecule has 3 nitrogen and oxygen atoms in total. The van der Waals surface area contributed by atoms with Crippen molar-refractivity contribution in [3.63, 3.8) is 0 Å². The number of hydrogen-bond acceptors (Lipinski definition) is 4. The van der Waals surface area contributed by atoms with Gasteiger partial charge in [-0.3, -0.25) is 4.90 Å². The molecular weight excluding hydrogens is 206 g/mol. The van der Waals surface area contributed by atoms with Crippen LogP contribution in [0.25, 0.3) is 0 Å². The molecule has 0 saturated carbocycles. The molecule has 0 bridgehead atoms. The zero-order chi connectivity index (χ0) is 10.7. The molecule has 1 unspecified atom stereocenters. The number of aromatic nitrogens is 1. The van der Waals surface area contributed by atoms with Crippen LogP contribution in [0.15, 0.2) is 10.9 Å². The molecule has 84 valence electrons. The van der Waals surface area contributed by atoms with Gasteiger partial charge in [-0.25, -0.2) is 4.98 Å². The first-order valence-electron chi connectivity index (χ1n) is 5.58. The van der Waals surface area contributed by atoms with Gasteiger partial charge in [0.25, 0.3) is 0 Å². The summed E-state index contributed by atoms with van der Waals surface area (Å²) < 4.78 is 0. The van der Waals surface area contributed by atoms with Crippen LogP contribution in [0, 0.1) is 5.92 Å². The van der Waals surface area contributed by atoms with Crippen LogP contribution in [0.1, 0.15) is 19.5 Å². The topological polar surface area (TPSA) is 28.2 Å². The van der Waals surface area contributed by atoms with Crippen LogP contribution in [0.4, 0.5) is 0 Å². The molecule has 0 aromatic carbocycles. The van der Waals surface area contributed by atoms with E-state index in [4.69, 9.17) is 0 Å². The Morgan fingerprint density at radius 2 is 2.53 bits per heavy atom. The summed E-state index contributed by atoms with van der Waals surface area (Å²) in [6.07, 6.45) is 0. The lowest BCUT2D eigenvalue weighted by Gasteiger charge is -2.35. The lowest BCUT2D eigenvalue weighted by atomic mass is 10.0. The standard InChI is InChI=1S/C11H19N3S/c1-9(2)11-6-14(4-3-12-11)5-10-7-15-8-13-10/h7-9,11-12H,3-6H2,1-2H3. The van der Waals surface area contributed by atoms with Crippen molar-refractivity contribution in [3.05, 3.63) is 16.6 Å². The number of nitrogens with one attached hydrogen (secondary N) is 1. The molecule has 4 heteroatoms. The second-order valence-electron chi connectivity index (χ2n) is 4.52. The number of hydrogen-bond donors (Lipinski definition) is 1. The van der Waals surface area contributed by atoms with E-state index >= 15 is 0 Å². The van der Waals surface area contributed by atoms with Crippen LogP contribution in [-0.2, 0) is 6.54 Å². The maximum atomic E-state index is 4.34. The fraction of sp³-hybridized carbons (Fsp3) is 0.727. The molecule has 2 heterocycles. The molecule has 1 saturated heterocycles. The lowest BCUT2D eigenvalue weighted by molar-refractivity contribution is 0.167. The van der Waals surface area contributed by atoms with Crippen LogP contribution in [0.3, 0.4) is 0 Å². The summed E-state index contributed by atoms with van der Waals surface area (Å²) in [5.74, 6) is 0.711. The normalized spacial score (nSPS) is 23.5. The van der Waals surface area contributed by atoms with E-state index in [0.29, 0.717) is 12.0 Å². The summed E-state index contributed by atoms with van der Waals surface area (Å²) in [4.78, 5) is 6.83. The third-order valence-electron chi connectivity index (χ3n) is 2.96. The number of piperazine rings is 1. The van der Waals surface area contributed by atoms with E-state index in [1.165, 1.54) is 5.69 Å². The molecule has 1 aromatic heterocycles. The van der Waals surface area contributed by atoms with E-state index in [9.17, 15) is 0 Å². The quantitative estimate of drug-likeness (QED) is 0.846. The van der Waals surface area contributed by atoms with Crippen molar-refractivity contribution in [2.75, 3.05) is 19.6 Å². The summed E-state index contributed by atoms with van der Waals surface area (Å²) in [5, 5.41) is 5.71. The van der Waals surface area contributed by atoms with Crippen LogP contribution >= 0.6 is 11.3 Å². The van der Waals surface area contributed by atoms with Gasteiger partial charge in [-0.05, 0) is 5.92 Å². The molecule has 1 aliphatic rings. The van der Waals surface area contributed by atoms with Crippen molar-refractivity contribution in [2.24, 2.45) is 5.92 Å².